The van der Waals surface area contributed by atoms with E-state index in [1.54, 1.807) is 6.92 Å². The van der Waals surface area contributed by atoms with E-state index in [0.717, 1.165) is 4.90 Å². The molecule has 4 atom stereocenters. The molecule has 7 nitrogen and oxygen atoms in total. The molecular weight excluding hydrogens is 240 g/mol. The third-order valence-electron chi connectivity index (χ3n) is 3.61. The Morgan fingerprint density at radius 1 is 1.61 bits per heavy atom. The maximum Gasteiger partial charge on any atom is 0.505 e. The summed E-state index contributed by atoms with van der Waals surface area (Å²) in [4.78, 5) is 24.9. The van der Waals surface area contributed by atoms with Crippen molar-refractivity contribution in [2.75, 3.05) is 6.61 Å². The van der Waals surface area contributed by atoms with E-state index in [2.05, 4.69) is 0 Å². The second kappa shape index (κ2) is 3.84. The van der Waals surface area contributed by atoms with E-state index in [1.165, 1.54) is 10.8 Å². The predicted octanol–water partition coefficient (Wildman–Crippen LogP) is -0.886. The number of imide groups is 1. The molecule has 0 aromatic carbocycles. The van der Waals surface area contributed by atoms with Gasteiger partial charge in [0.1, 0.15) is 18.6 Å². The molecule has 0 aromatic rings. The lowest BCUT2D eigenvalue weighted by Gasteiger charge is -2.39. The van der Waals surface area contributed by atoms with Crippen molar-refractivity contribution < 1.29 is 29.1 Å². The third-order valence-corrected chi connectivity index (χ3v) is 3.61. The summed E-state index contributed by atoms with van der Waals surface area (Å²) in [5.41, 5.74) is -1.60. The molecule has 2 unspecified atom stereocenters. The van der Waals surface area contributed by atoms with Crippen molar-refractivity contribution >= 4 is 18.2 Å². The Balaban J connectivity index is 0.00000120. The summed E-state index contributed by atoms with van der Waals surface area (Å²) in [6.07, 6.45) is 0.0373. The van der Waals surface area contributed by atoms with Crippen LogP contribution < -0.4 is 0 Å². The Bertz CT molecular complexity index is 449. The van der Waals surface area contributed by atoms with Gasteiger partial charge in [-0.25, -0.2) is 4.79 Å². The normalized spacial score (nSPS) is 41.6. The number of amides is 3. The first kappa shape index (κ1) is 13.1. The fraction of sp³-hybridized carbons (Fsp3) is 0.727. The predicted molar refractivity (Wildman–Crippen MR) is 59.8 cm³/mol. The molecule has 2 fully saturated rings. The van der Waals surface area contributed by atoms with Gasteiger partial charge < -0.3 is 10.2 Å². The minimum atomic E-state index is -1.60. The first-order valence-electron chi connectivity index (χ1n) is 5.49. The summed E-state index contributed by atoms with van der Waals surface area (Å²) >= 11 is 0. The number of rotatable bonds is 1. The van der Waals surface area contributed by atoms with Gasteiger partial charge in [0, 0.05) is 6.42 Å². The van der Waals surface area contributed by atoms with Crippen LogP contribution in [-0.4, -0.2) is 62.5 Å². The molecule has 0 spiro atoms. The fourth-order valence-electron chi connectivity index (χ4n) is 2.67. The zero-order chi connectivity index (χ0) is 12.4. The van der Waals surface area contributed by atoms with Crippen LogP contribution in [0.5, 0.6) is 0 Å². The SMILES string of the molecule is C.CC1C=[N+]2C(=O)N(C1=O)[C@]1(CO)O[C@@H]2CC1O. The summed E-state index contributed by atoms with van der Waals surface area (Å²) in [5, 5.41) is 19.4. The highest BCUT2D eigenvalue weighted by atomic mass is 16.6. The average Bonchev–Trinajstić information content (AvgIpc) is 2.59. The first-order valence-corrected chi connectivity index (χ1v) is 5.49. The molecule has 2 saturated heterocycles. The highest BCUT2D eigenvalue weighted by Gasteiger charge is 2.70. The molecule has 18 heavy (non-hydrogen) atoms. The number of aliphatic hydroxyl groups is 2. The standard InChI is InChI=1S/C10H13N2O5.CH4/c1-5-3-11-7-2-6(14)10(4-13,17-7)12(8(5)15)9(11)16;/h3,5-7,13-14H,2,4H2,1H3;1H4/q+1;/t5?,6?,7-,10-;/m1./s1. The summed E-state index contributed by atoms with van der Waals surface area (Å²) in [7, 11) is 0. The third kappa shape index (κ3) is 1.26. The minimum absolute atomic E-state index is 0. The van der Waals surface area contributed by atoms with Crippen LogP contribution in [0.2, 0.25) is 0 Å². The van der Waals surface area contributed by atoms with E-state index in [1.807, 2.05) is 0 Å². The molecule has 2 N–H and O–H groups in total. The molecule has 0 radical (unpaired) electrons. The van der Waals surface area contributed by atoms with E-state index in [0.29, 0.717) is 0 Å². The highest BCUT2D eigenvalue weighted by molar-refractivity contribution is 6.04. The van der Waals surface area contributed by atoms with Gasteiger partial charge >= 0.3 is 11.9 Å². The molecular formula is C11H17N2O5+. The Kier molecular flexibility index (Phi) is 2.80. The molecule has 4 bridgehead atoms. The summed E-state index contributed by atoms with van der Waals surface area (Å²) in [5.74, 6) is -0.921. The Morgan fingerprint density at radius 2 is 2.28 bits per heavy atom. The molecule has 3 rings (SSSR count). The summed E-state index contributed by atoms with van der Waals surface area (Å²) < 4.78 is 6.80. The molecule has 0 saturated carbocycles. The molecule has 3 amide bonds. The van der Waals surface area contributed by atoms with Crippen LogP contribution in [0, 0.1) is 5.92 Å². The molecule has 7 heteroatoms. The van der Waals surface area contributed by atoms with E-state index in [9.17, 15) is 19.8 Å². The largest absolute Gasteiger partial charge is 0.505 e. The zero-order valence-electron chi connectivity index (χ0n) is 9.24. The van der Waals surface area contributed by atoms with Crippen molar-refractivity contribution in [3.8, 4) is 0 Å². The Morgan fingerprint density at radius 3 is 2.89 bits per heavy atom. The maximum atomic E-state index is 12.0. The van der Waals surface area contributed by atoms with Crippen molar-refractivity contribution in [3.63, 3.8) is 0 Å². The summed E-state index contributed by atoms with van der Waals surface area (Å²) in [6.45, 7) is 1.07. The van der Waals surface area contributed by atoms with Gasteiger partial charge in [-0.3, -0.25) is 4.74 Å². The topological polar surface area (TPSA) is 90.1 Å². The molecule has 100 valence electrons. The van der Waals surface area contributed by atoms with Crippen molar-refractivity contribution in [1.82, 2.24) is 4.90 Å². The van der Waals surface area contributed by atoms with Crippen molar-refractivity contribution in [1.29, 1.82) is 0 Å². The van der Waals surface area contributed by atoms with Crippen LogP contribution >= 0.6 is 0 Å². The van der Waals surface area contributed by atoms with Crippen LogP contribution in [0.4, 0.5) is 4.79 Å². The van der Waals surface area contributed by atoms with Gasteiger partial charge in [-0.15, -0.1) is 4.90 Å². The number of carbonyl (C=O) groups is 2. The van der Waals surface area contributed by atoms with Crippen LogP contribution in [0.3, 0.4) is 0 Å². The van der Waals surface area contributed by atoms with Gasteiger partial charge in [0.25, 0.3) is 5.72 Å². The van der Waals surface area contributed by atoms with E-state index >= 15 is 0 Å². The Hall–Kier alpha value is -1.31. The smallest absolute Gasteiger partial charge is 0.389 e. The number of aliphatic hydroxyl groups excluding tert-OH is 2. The number of carbonyl (C=O) groups excluding carboxylic acids is 2. The number of nitrogens with zero attached hydrogens (tertiary/aromatic N) is 2. The van der Waals surface area contributed by atoms with Crippen molar-refractivity contribution in [3.05, 3.63) is 0 Å². The average molecular weight is 257 g/mol. The maximum absolute atomic E-state index is 12.0. The van der Waals surface area contributed by atoms with Gasteiger partial charge in [0.15, 0.2) is 0 Å². The monoisotopic (exact) mass is 257 g/mol. The van der Waals surface area contributed by atoms with E-state index < -0.39 is 42.5 Å². The van der Waals surface area contributed by atoms with Crippen LogP contribution in [0.1, 0.15) is 20.8 Å². The molecule has 3 heterocycles. The molecule has 0 aromatic heterocycles. The molecule has 3 aliphatic heterocycles. The van der Waals surface area contributed by atoms with Gasteiger partial charge in [0.05, 0.1) is 6.21 Å². The van der Waals surface area contributed by atoms with Gasteiger partial charge in [0.2, 0.25) is 6.23 Å². The van der Waals surface area contributed by atoms with E-state index in [4.69, 9.17) is 4.74 Å². The number of hydrogen-bond donors (Lipinski definition) is 2. The van der Waals surface area contributed by atoms with Crippen LogP contribution in [0.25, 0.3) is 0 Å². The van der Waals surface area contributed by atoms with Gasteiger partial charge in [-0.05, 0) is 6.92 Å². The molecule has 0 aliphatic carbocycles. The van der Waals surface area contributed by atoms with Crippen LogP contribution in [-0.2, 0) is 9.53 Å². The minimum Gasteiger partial charge on any atom is -0.389 e. The molecule has 3 aliphatic rings. The van der Waals surface area contributed by atoms with Gasteiger partial charge in [-0.2, -0.15) is 9.37 Å². The second-order valence-electron chi connectivity index (χ2n) is 4.63. The number of hydrogen-bond acceptors (Lipinski definition) is 5. The lowest BCUT2D eigenvalue weighted by Crippen LogP contribution is -2.70. The van der Waals surface area contributed by atoms with Crippen molar-refractivity contribution in [2.24, 2.45) is 5.92 Å². The second-order valence-corrected chi connectivity index (χ2v) is 4.63. The fourth-order valence-corrected chi connectivity index (χ4v) is 2.67. The van der Waals surface area contributed by atoms with Gasteiger partial charge in [-0.1, -0.05) is 7.43 Å². The highest BCUT2D eigenvalue weighted by Crippen LogP contribution is 2.41. The van der Waals surface area contributed by atoms with Crippen molar-refractivity contribution in [2.45, 2.75) is 38.8 Å². The lowest BCUT2D eigenvalue weighted by atomic mass is 10.0. The number of ether oxygens (including phenoxy) is 1. The first-order chi connectivity index (χ1) is 8.01. The van der Waals surface area contributed by atoms with Crippen LogP contribution in [0.15, 0.2) is 0 Å². The Labute approximate surface area is 104 Å². The number of fused-ring (bicyclic) bond motifs is 6. The number of urea groups is 1. The lowest BCUT2D eigenvalue weighted by molar-refractivity contribution is -0.562. The quantitative estimate of drug-likeness (QED) is 0.595. The van der Waals surface area contributed by atoms with E-state index in [-0.39, 0.29) is 13.8 Å². The summed E-state index contributed by atoms with van der Waals surface area (Å²) in [6, 6.07) is -0.532. The zero-order valence-corrected chi connectivity index (χ0v) is 9.24.